The lowest BCUT2D eigenvalue weighted by molar-refractivity contribution is 0.459. The van der Waals surface area contributed by atoms with Crippen molar-refractivity contribution in [3.05, 3.63) is 16.4 Å². The molecule has 3 nitrogen and oxygen atoms in total. The predicted octanol–water partition coefficient (Wildman–Crippen LogP) is 2.54. The zero-order valence-corrected chi connectivity index (χ0v) is 11.0. The third kappa shape index (κ3) is 2.58. The van der Waals surface area contributed by atoms with Crippen molar-refractivity contribution >= 4 is 11.6 Å². The van der Waals surface area contributed by atoms with Crippen molar-refractivity contribution in [3.63, 3.8) is 0 Å². The number of rotatable bonds is 5. The molecule has 1 N–H and O–H groups in total. The molecule has 0 aliphatic heterocycles. The van der Waals surface area contributed by atoms with Gasteiger partial charge in [0, 0.05) is 12.6 Å². The third-order valence-electron chi connectivity index (χ3n) is 3.41. The number of hydrogen-bond acceptors (Lipinski definition) is 2. The van der Waals surface area contributed by atoms with Crippen LogP contribution in [0.4, 0.5) is 0 Å². The zero-order chi connectivity index (χ0) is 11.7. The van der Waals surface area contributed by atoms with Crippen molar-refractivity contribution in [2.24, 2.45) is 5.92 Å². The molecule has 0 radical (unpaired) electrons. The Hall–Kier alpha value is -0.540. The van der Waals surface area contributed by atoms with Crippen LogP contribution in [0.15, 0.2) is 0 Å². The summed E-state index contributed by atoms with van der Waals surface area (Å²) in [6.45, 7) is 8.11. The van der Waals surface area contributed by atoms with Crippen molar-refractivity contribution in [1.29, 1.82) is 0 Å². The van der Waals surface area contributed by atoms with E-state index in [2.05, 4.69) is 17.3 Å². The van der Waals surface area contributed by atoms with E-state index in [-0.39, 0.29) is 0 Å². The fourth-order valence-electron chi connectivity index (χ4n) is 2.05. The highest BCUT2D eigenvalue weighted by molar-refractivity contribution is 6.31. The molecule has 1 aliphatic rings. The maximum absolute atomic E-state index is 6.10. The normalized spacial score (nSPS) is 17.8. The van der Waals surface area contributed by atoms with E-state index in [0.29, 0.717) is 6.04 Å². The first-order valence-electron chi connectivity index (χ1n) is 6.02. The van der Waals surface area contributed by atoms with Gasteiger partial charge in [-0.15, -0.1) is 0 Å². The second-order valence-electron chi connectivity index (χ2n) is 4.79. The Morgan fingerprint density at radius 2 is 2.19 bits per heavy atom. The minimum atomic E-state index is 0.646. The summed E-state index contributed by atoms with van der Waals surface area (Å²) >= 11 is 6.10. The molecule has 1 aromatic rings. The number of nitrogens with zero attached hydrogens (tertiary/aromatic N) is 2. The Labute approximate surface area is 102 Å². The molecule has 0 spiro atoms. The lowest BCUT2D eigenvalue weighted by Crippen LogP contribution is -2.31. The van der Waals surface area contributed by atoms with E-state index in [1.807, 2.05) is 18.5 Å². The molecule has 2 rings (SSSR count). The molecule has 1 saturated carbocycles. The van der Waals surface area contributed by atoms with Crippen molar-refractivity contribution in [1.82, 2.24) is 15.1 Å². The fraction of sp³-hybridized carbons (Fsp3) is 0.750. The molecular weight excluding hydrogens is 222 g/mol. The van der Waals surface area contributed by atoms with Crippen molar-refractivity contribution in [2.45, 2.75) is 46.2 Å². The van der Waals surface area contributed by atoms with Crippen LogP contribution in [0.25, 0.3) is 0 Å². The molecule has 1 heterocycles. The van der Waals surface area contributed by atoms with Gasteiger partial charge in [0.25, 0.3) is 0 Å². The van der Waals surface area contributed by atoms with Gasteiger partial charge in [0.1, 0.15) is 0 Å². The topological polar surface area (TPSA) is 29.9 Å². The molecular formula is C12H20ClN3. The lowest BCUT2D eigenvalue weighted by atomic mass is 10.2. The van der Waals surface area contributed by atoms with E-state index in [1.165, 1.54) is 12.8 Å². The van der Waals surface area contributed by atoms with Gasteiger partial charge in [-0.05, 0) is 39.5 Å². The fourth-order valence-corrected chi connectivity index (χ4v) is 2.19. The first-order chi connectivity index (χ1) is 7.59. The van der Waals surface area contributed by atoms with Gasteiger partial charge in [0.15, 0.2) is 0 Å². The van der Waals surface area contributed by atoms with Crippen LogP contribution in [0.3, 0.4) is 0 Å². The van der Waals surface area contributed by atoms with E-state index in [9.17, 15) is 0 Å². The van der Waals surface area contributed by atoms with Crippen LogP contribution in [0, 0.1) is 19.8 Å². The molecule has 90 valence electrons. The molecule has 0 amide bonds. The average molecular weight is 242 g/mol. The van der Waals surface area contributed by atoms with Crippen LogP contribution in [-0.2, 0) is 6.54 Å². The summed E-state index contributed by atoms with van der Waals surface area (Å²) in [6.07, 6.45) is 2.78. The zero-order valence-electron chi connectivity index (χ0n) is 10.3. The maximum Gasteiger partial charge on any atom is 0.0844 e. The second-order valence-corrected chi connectivity index (χ2v) is 5.17. The SMILES string of the molecule is Cc1nn(CCNC(C)C2CC2)c(C)c1Cl. The van der Waals surface area contributed by atoms with E-state index in [4.69, 9.17) is 11.6 Å². The van der Waals surface area contributed by atoms with Crippen LogP contribution >= 0.6 is 11.6 Å². The Balaban J connectivity index is 1.82. The summed E-state index contributed by atoms with van der Waals surface area (Å²) in [5.41, 5.74) is 1.99. The molecule has 0 saturated heterocycles. The monoisotopic (exact) mass is 241 g/mol. The van der Waals surface area contributed by atoms with Gasteiger partial charge >= 0.3 is 0 Å². The number of hydrogen-bond donors (Lipinski definition) is 1. The third-order valence-corrected chi connectivity index (χ3v) is 3.96. The minimum Gasteiger partial charge on any atom is -0.312 e. The maximum atomic E-state index is 6.10. The highest BCUT2D eigenvalue weighted by atomic mass is 35.5. The predicted molar refractivity (Wildman–Crippen MR) is 66.9 cm³/mol. The smallest absolute Gasteiger partial charge is 0.0844 e. The summed E-state index contributed by atoms with van der Waals surface area (Å²) in [4.78, 5) is 0. The van der Waals surface area contributed by atoms with Gasteiger partial charge in [0.2, 0.25) is 0 Å². The molecule has 4 heteroatoms. The summed E-state index contributed by atoms with van der Waals surface area (Å²) in [5, 5.41) is 8.76. The van der Waals surface area contributed by atoms with Crippen LogP contribution in [0.2, 0.25) is 5.02 Å². The van der Waals surface area contributed by atoms with Crippen LogP contribution in [0.5, 0.6) is 0 Å². The Morgan fingerprint density at radius 1 is 1.50 bits per heavy atom. The van der Waals surface area contributed by atoms with Gasteiger partial charge in [0.05, 0.1) is 23.0 Å². The molecule has 1 unspecified atom stereocenters. The van der Waals surface area contributed by atoms with Gasteiger partial charge in [-0.1, -0.05) is 11.6 Å². The first kappa shape index (κ1) is 11.9. The highest BCUT2D eigenvalue weighted by Gasteiger charge is 2.27. The largest absolute Gasteiger partial charge is 0.312 e. The van der Waals surface area contributed by atoms with Crippen molar-refractivity contribution < 1.29 is 0 Å². The van der Waals surface area contributed by atoms with E-state index in [0.717, 1.165) is 35.4 Å². The molecule has 16 heavy (non-hydrogen) atoms. The lowest BCUT2D eigenvalue weighted by Gasteiger charge is -2.12. The summed E-state index contributed by atoms with van der Waals surface area (Å²) in [6, 6.07) is 0.646. The van der Waals surface area contributed by atoms with Crippen LogP contribution in [-0.4, -0.2) is 22.4 Å². The van der Waals surface area contributed by atoms with Crippen molar-refractivity contribution in [3.8, 4) is 0 Å². The number of aromatic nitrogens is 2. The summed E-state index contributed by atoms with van der Waals surface area (Å²) in [7, 11) is 0. The van der Waals surface area contributed by atoms with Gasteiger partial charge in [-0.3, -0.25) is 4.68 Å². The second kappa shape index (κ2) is 4.76. The van der Waals surface area contributed by atoms with Gasteiger partial charge in [-0.25, -0.2) is 0 Å². The standard InChI is InChI=1S/C12H20ClN3/c1-8(11-4-5-11)14-6-7-16-10(3)12(13)9(2)15-16/h8,11,14H,4-7H2,1-3H3. The number of halogens is 1. The van der Waals surface area contributed by atoms with Crippen LogP contribution in [0.1, 0.15) is 31.2 Å². The van der Waals surface area contributed by atoms with E-state index >= 15 is 0 Å². The summed E-state index contributed by atoms with van der Waals surface area (Å²) < 4.78 is 1.99. The van der Waals surface area contributed by atoms with E-state index < -0.39 is 0 Å². The summed E-state index contributed by atoms with van der Waals surface area (Å²) in [5.74, 6) is 0.907. The molecule has 1 fully saturated rings. The van der Waals surface area contributed by atoms with Crippen LogP contribution < -0.4 is 5.32 Å². The minimum absolute atomic E-state index is 0.646. The highest BCUT2D eigenvalue weighted by Crippen LogP contribution is 2.32. The van der Waals surface area contributed by atoms with Gasteiger partial charge in [-0.2, -0.15) is 5.10 Å². The number of nitrogens with one attached hydrogen (secondary N) is 1. The molecule has 1 aromatic heterocycles. The average Bonchev–Trinajstić information content (AvgIpc) is 3.05. The molecule has 1 aliphatic carbocycles. The van der Waals surface area contributed by atoms with E-state index in [1.54, 1.807) is 0 Å². The molecule has 0 bridgehead atoms. The number of aryl methyl sites for hydroxylation is 1. The molecule has 0 aromatic carbocycles. The van der Waals surface area contributed by atoms with Crippen molar-refractivity contribution in [2.75, 3.05) is 6.54 Å². The molecule has 1 atom stereocenters. The quantitative estimate of drug-likeness (QED) is 0.859. The Morgan fingerprint density at radius 3 is 2.69 bits per heavy atom. The first-order valence-corrected chi connectivity index (χ1v) is 6.40. The Bertz CT molecular complexity index is 369. The Kier molecular flexibility index (Phi) is 3.55. The van der Waals surface area contributed by atoms with Gasteiger partial charge < -0.3 is 5.32 Å².